The summed E-state index contributed by atoms with van der Waals surface area (Å²) in [4.78, 5) is 0. The van der Waals surface area contributed by atoms with Crippen molar-refractivity contribution in [2.45, 2.75) is 20.5 Å². The average molecular weight is 307 g/mol. The Morgan fingerprint density at radius 3 is 2.48 bits per heavy atom. The Morgan fingerprint density at radius 1 is 1.29 bits per heavy atom. The Labute approximate surface area is 128 Å². The Kier molecular flexibility index (Phi) is 4.48. The number of halogens is 2. The van der Waals surface area contributed by atoms with E-state index in [4.69, 9.17) is 27.5 Å². The van der Waals surface area contributed by atoms with E-state index >= 15 is 0 Å². The van der Waals surface area contributed by atoms with Gasteiger partial charge in [-0.25, -0.2) is 4.39 Å². The molecule has 0 heterocycles. The van der Waals surface area contributed by atoms with Gasteiger partial charge in [0.25, 0.3) is 0 Å². The van der Waals surface area contributed by atoms with Crippen molar-refractivity contribution in [3.05, 3.63) is 63.4 Å². The third kappa shape index (κ3) is 3.34. The van der Waals surface area contributed by atoms with E-state index in [-0.39, 0.29) is 17.5 Å². The molecule has 0 unspecified atom stereocenters. The number of ether oxygens (including phenoxy) is 1. The van der Waals surface area contributed by atoms with Gasteiger partial charge in [-0.3, -0.25) is 5.41 Å². The molecule has 0 saturated carbocycles. The van der Waals surface area contributed by atoms with E-state index in [1.807, 2.05) is 13.8 Å². The lowest BCUT2D eigenvalue weighted by Crippen LogP contribution is -2.12. The molecule has 2 aromatic rings. The van der Waals surface area contributed by atoms with E-state index in [1.165, 1.54) is 6.07 Å². The molecule has 0 aliphatic heterocycles. The smallest absolute Gasteiger partial charge is 0.148 e. The van der Waals surface area contributed by atoms with Gasteiger partial charge in [-0.15, -0.1) is 0 Å². The SMILES string of the molecule is Cc1cc(C(=N)N)cc(C)c1OCc1cccc(Cl)c1F. The first-order valence-electron chi connectivity index (χ1n) is 6.41. The van der Waals surface area contributed by atoms with Crippen LogP contribution in [0.4, 0.5) is 4.39 Å². The maximum Gasteiger partial charge on any atom is 0.148 e. The number of hydrogen-bond acceptors (Lipinski definition) is 2. The highest BCUT2D eigenvalue weighted by molar-refractivity contribution is 6.30. The molecule has 2 aromatic carbocycles. The van der Waals surface area contributed by atoms with Crippen LogP contribution in [0.5, 0.6) is 5.75 Å². The van der Waals surface area contributed by atoms with Crippen molar-refractivity contribution < 1.29 is 9.13 Å². The molecular formula is C16H16ClFN2O. The van der Waals surface area contributed by atoms with Crippen LogP contribution in [0.3, 0.4) is 0 Å². The summed E-state index contributed by atoms with van der Waals surface area (Å²) in [5, 5.41) is 7.54. The summed E-state index contributed by atoms with van der Waals surface area (Å²) in [6.45, 7) is 3.82. The van der Waals surface area contributed by atoms with Crippen LogP contribution < -0.4 is 10.5 Å². The van der Waals surface area contributed by atoms with E-state index in [0.717, 1.165) is 11.1 Å². The Balaban J connectivity index is 2.24. The number of nitrogen functional groups attached to an aromatic ring is 1. The summed E-state index contributed by atoms with van der Waals surface area (Å²) in [5.41, 5.74) is 8.23. The number of rotatable bonds is 4. The molecule has 0 amide bonds. The standard InChI is InChI=1S/C16H16ClFN2O/c1-9-6-12(16(19)20)7-10(2)15(9)21-8-11-4-3-5-13(17)14(11)18/h3-7H,8H2,1-2H3,(H3,19,20). The quantitative estimate of drug-likeness (QED) is 0.663. The lowest BCUT2D eigenvalue weighted by Gasteiger charge is -2.14. The number of nitrogens with one attached hydrogen (secondary N) is 1. The van der Waals surface area contributed by atoms with E-state index in [0.29, 0.717) is 16.9 Å². The van der Waals surface area contributed by atoms with Gasteiger partial charge < -0.3 is 10.5 Å². The van der Waals surface area contributed by atoms with Crippen LogP contribution in [0.1, 0.15) is 22.3 Å². The van der Waals surface area contributed by atoms with Gasteiger partial charge in [-0.05, 0) is 43.2 Å². The third-order valence-electron chi connectivity index (χ3n) is 3.17. The zero-order chi connectivity index (χ0) is 15.6. The number of amidine groups is 1. The van der Waals surface area contributed by atoms with Crippen molar-refractivity contribution >= 4 is 17.4 Å². The lowest BCUT2D eigenvalue weighted by molar-refractivity contribution is 0.296. The van der Waals surface area contributed by atoms with Gasteiger partial charge in [0.05, 0.1) is 5.02 Å². The zero-order valence-corrected chi connectivity index (χ0v) is 12.6. The second-order valence-electron chi connectivity index (χ2n) is 4.85. The van der Waals surface area contributed by atoms with Crippen LogP contribution in [0.25, 0.3) is 0 Å². The molecule has 110 valence electrons. The highest BCUT2D eigenvalue weighted by atomic mass is 35.5. The third-order valence-corrected chi connectivity index (χ3v) is 3.47. The second kappa shape index (κ2) is 6.14. The van der Waals surface area contributed by atoms with E-state index in [1.54, 1.807) is 24.3 Å². The van der Waals surface area contributed by atoms with Crippen LogP contribution in [0.15, 0.2) is 30.3 Å². The highest BCUT2D eigenvalue weighted by Crippen LogP contribution is 2.26. The van der Waals surface area contributed by atoms with Crippen LogP contribution in [-0.2, 0) is 6.61 Å². The molecule has 0 saturated heterocycles. The Bertz CT molecular complexity index is 678. The largest absolute Gasteiger partial charge is 0.488 e. The van der Waals surface area contributed by atoms with Gasteiger partial charge in [0.1, 0.15) is 24.0 Å². The van der Waals surface area contributed by atoms with E-state index in [9.17, 15) is 4.39 Å². The summed E-state index contributed by atoms with van der Waals surface area (Å²) in [5.74, 6) is 0.211. The van der Waals surface area contributed by atoms with Gasteiger partial charge >= 0.3 is 0 Å². The number of hydrogen-bond donors (Lipinski definition) is 2. The van der Waals surface area contributed by atoms with Crippen molar-refractivity contribution in [2.75, 3.05) is 0 Å². The number of benzene rings is 2. The summed E-state index contributed by atoms with van der Waals surface area (Å²) < 4.78 is 19.5. The molecule has 0 atom stereocenters. The Morgan fingerprint density at radius 2 is 1.90 bits per heavy atom. The molecule has 5 heteroatoms. The van der Waals surface area contributed by atoms with Crippen molar-refractivity contribution in [3.63, 3.8) is 0 Å². The van der Waals surface area contributed by atoms with Gasteiger partial charge in [0, 0.05) is 11.1 Å². The molecule has 0 spiro atoms. The first kappa shape index (κ1) is 15.3. The topological polar surface area (TPSA) is 59.1 Å². The minimum Gasteiger partial charge on any atom is -0.488 e. The van der Waals surface area contributed by atoms with Crippen molar-refractivity contribution in [3.8, 4) is 5.75 Å². The first-order chi connectivity index (χ1) is 9.90. The molecule has 0 radical (unpaired) electrons. The molecule has 0 bridgehead atoms. The summed E-state index contributed by atoms with van der Waals surface area (Å²) in [6.07, 6.45) is 0. The molecule has 0 aliphatic rings. The van der Waals surface area contributed by atoms with Crippen molar-refractivity contribution in [1.29, 1.82) is 5.41 Å². The average Bonchev–Trinajstić information content (AvgIpc) is 2.42. The molecular weight excluding hydrogens is 291 g/mol. The van der Waals surface area contributed by atoms with E-state index < -0.39 is 5.82 Å². The van der Waals surface area contributed by atoms with E-state index in [2.05, 4.69) is 0 Å². The molecule has 21 heavy (non-hydrogen) atoms. The summed E-state index contributed by atoms with van der Waals surface area (Å²) in [6, 6.07) is 8.37. The van der Waals surface area contributed by atoms with Gasteiger partial charge in [0.2, 0.25) is 0 Å². The molecule has 3 nitrogen and oxygen atoms in total. The molecule has 2 rings (SSSR count). The van der Waals surface area contributed by atoms with Gasteiger partial charge in [0.15, 0.2) is 0 Å². The molecule has 3 N–H and O–H groups in total. The van der Waals surface area contributed by atoms with Crippen molar-refractivity contribution in [2.24, 2.45) is 5.73 Å². The minimum absolute atomic E-state index is 0.00800. The predicted molar refractivity (Wildman–Crippen MR) is 82.7 cm³/mol. The molecule has 0 aliphatic carbocycles. The summed E-state index contributed by atoms with van der Waals surface area (Å²) in [7, 11) is 0. The van der Waals surface area contributed by atoms with Crippen LogP contribution >= 0.6 is 11.6 Å². The lowest BCUT2D eigenvalue weighted by atomic mass is 10.1. The normalized spacial score (nSPS) is 10.5. The van der Waals surface area contributed by atoms with Crippen LogP contribution in [0.2, 0.25) is 5.02 Å². The van der Waals surface area contributed by atoms with Crippen LogP contribution in [0, 0.1) is 25.1 Å². The highest BCUT2D eigenvalue weighted by Gasteiger charge is 2.11. The van der Waals surface area contributed by atoms with Gasteiger partial charge in [-0.1, -0.05) is 23.7 Å². The molecule has 0 aromatic heterocycles. The number of nitrogens with two attached hydrogens (primary N) is 1. The predicted octanol–water partition coefficient (Wildman–Crippen LogP) is 3.96. The fourth-order valence-electron chi connectivity index (χ4n) is 2.14. The second-order valence-corrected chi connectivity index (χ2v) is 5.26. The fourth-order valence-corrected chi connectivity index (χ4v) is 2.34. The number of aryl methyl sites for hydroxylation is 2. The van der Waals surface area contributed by atoms with Crippen molar-refractivity contribution in [1.82, 2.24) is 0 Å². The minimum atomic E-state index is -0.463. The monoisotopic (exact) mass is 306 g/mol. The first-order valence-corrected chi connectivity index (χ1v) is 6.79. The molecule has 0 fully saturated rings. The maximum absolute atomic E-state index is 13.8. The zero-order valence-electron chi connectivity index (χ0n) is 11.8. The van der Waals surface area contributed by atoms with Gasteiger partial charge in [-0.2, -0.15) is 0 Å². The Hall–Kier alpha value is -2.07. The fraction of sp³-hybridized carbons (Fsp3) is 0.188. The maximum atomic E-state index is 13.8. The summed E-state index contributed by atoms with van der Waals surface area (Å²) >= 11 is 5.75. The van der Waals surface area contributed by atoms with Crippen LogP contribution in [-0.4, -0.2) is 5.84 Å².